The van der Waals surface area contributed by atoms with Gasteiger partial charge >= 0.3 is 0 Å². The number of fused-ring (bicyclic) bond motifs is 1. The van der Waals surface area contributed by atoms with Gasteiger partial charge in [0.05, 0.1) is 17.2 Å². The summed E-state index contributed by atoms with van der Waals surface area (Å²) in [6, 6.07) is 2.19. The van der Waals surface area contributed by atoms with Crippen LogP contribution in [0.15, 0.2) is 48.2 Å². The van der Waals surface area contributed by atoms with E-state index in [1.165, 1.54) is 6.21 Å². The molecule has 182 valence electrons. The fraction of sp³-hybridized carbons (Fsp3) is 0.400. The highest BCUT2D eigenvalue weighted by atomic mass is 16.2. The monoisotopic (exact) mass is 464 g/mol. The molecule has 0 bridgehead atoms. The first kappa shape index (κ1) is 24.9. The van der Waals surface area contributed by atoms with E-state index < -0.39 is 0 Å². The highest BCUT2D eigenvalue weighted by Crippen LogP contribution is 2.28. The second-order valence-corrected chi connectivity index (χ2v) is 8.96. The van der Waals surface area contributed by atoms with Gasteiger partial charge in [-0.15, -0.1) is 0 Å². The molecule has 0 spiro atoms. The lowest BCUT2D eigenvalue weighted by atomic mass is 10.0. The maximum absolute atomic E-state index is 11.7. The normalized spacial score (nSPS) is 21.2. The van der Waals surface area contributed by atoms with Crippen LogP contribution in [0.1, 0.15) is 37.9 Å². The lowest BCUT2D eigenvalue weighted by molar-refractivity contribution is -0.127. The molecule has 2 aliphatic heterocycles. The molecule has 0 aliphatic carbocycles. The Labute approximate surface area is 201 Å². The molecule has 1 fully saturated rings. The van der Waals surface area contributed by atoms with Crippen LogP contribution in [0, 0.1) is 11.3 Å². The van der Waals surface area contributed by atoms with Gasteiger partial charge in [-0.1, -0.05) is 13.8 Å². The molecule has 0 radical (unpaired) electrons. The van der Waals surface area contributed by atoms with Crippen LogP contribution in [0.2, 0.25) is 0 Å². The Kier molecular flexibility index (Phi) is 7.99. The molecule has 2 unspecified atom stereocenters. The number of carbonyl (C=O) groups excluding carboxylic acids is 1. The predicted octanol–water partition coefficient (Wildman–Crippen LogP) is 1.96. The van der Waals surface area contributed by atoms with Gasteiger partial charge in [-0.05, 0) is 48.4 Å². The third-order valence-electron chi connectivity index (χ3n) is 6.36. The lowest BCUT2D eigenvalue weighted by Gasteiger charge is -2.33. The number of amides is 1. The zero-order valence-corrected chi connectivity index (χ0v) is 20.4. The average Bonchev–Trinajstić information content (AvgIpc) is 3.14. The van der Waals surface area contributed by atoms with E-state index >= 15 is 0 Å². The first-order valence-electron chi connectivity index (χ1n) is 11.5. The average molecular weight is 465 g/mol. The topological polar surface area (TPSA) is 136 Å². The molecule has 9 nitrogen and oxygen atoms in total. The Morgan fingerprint density at radius 2 is 2.12 bits per heavy atom. The third kappa shape index (κ3) is 5.59. The summed E-state index contributed by atoms with van der Waals surface area (Å²) >= 11 is 0. The van der Waals surface area contributed by atoms with Crippen molar-refractivity contribution in [2.24, 2.45) is 17.4 Å². The van der Waals surface area contributed by atoms with Crippen LogP contribution >= 0.6 is 0 Å². The summed E-state index contributed by atoms with van der Waals surface area (Å²) < 4.78 is 0. The Hall–Kier alpha value is -3.75. The molecule has 1 amide bonds. The number of hydrogen-bond donors (Lipinski definition) is 5. The van der Waals surface area contributed by atoms with Gasteiger partial charge in [0.1, 0.15) is 6.17 Å². The lowest BCUT2D eigenvalue weighted by Crippen LogP contribution is -2.45. The predicted molar refractivity (Wildman–Crippen MR) is 139 cm³/mol. The summed E-state index contributed by atoms with van der Waals surface area (Å²) in [5.74, 6) is 0.974. The molecule has 0 aromatic carbocycles. The highest BCUT2D eigenvalue weighted by Gasteiger charge is 2.27. The van der Waals surface area contributed by atoms with Crippen LogP contribution in [-0.4, -0.2) is 54.9 Å². The molecule has 1 aromatic rings. The number of aromatic nitrogens is 1. The number of likely N-dealkylation sites (tertiary alicyclic amines) is 1. The Balaban J connectivity index is 1.73. The van der Waals surface area contributed by atoms with Crippen molar-refractivity contribution in [3.05, 3.63) is 59.5 Å². The van der Waals surface area contributed by atoms with E-state index in [1.807, 2.05) is 44.6 Å². The minimum atomic E-state index is -0.159. The summed E-state index contributed by atoms with van der Waals surface area (Å²) in [5.41, 5.74) is 16.2. The molecule has 3 heterocycles. The van der Waals surface area contributed by atoms with Crippen molar-refractivity contribution >= 4 is 29.5 Å². The zero-order valence-electron chi connectivity index (χ0n) is 20.4. The number of allylic oxidation sites excluding steroid dienone is 3. The van der Waals surface area contributed by atoms with Crippen LogP contribution in [0.4, 0.5) is 5.69 Å². The molecule has 3 rings (SSSR count). The number of hydrogen-bond acceptors (Lipinski definition) is 8. The summed E-state index contributed by atoms with van der Waals surface area (Å²) in [7, 11) is 3.81. The van der Waals surface area contributed by atoms with Crippen LogP contribution in [0.3, 0.4) is 0 Å². The fourth-order valence-corrected chi connectivity index (χ4v) is 4.05. The van der Waals surface area contributed by atoms with Crippen molar-refractivity contribution in [3.8, 4) is 0 Å². The van der Waals surface area contributed by atoms with Crippen molar-refractivity contribution in [1.29, 1.82) is 5.41 Å². The van der Waals surface area contributed by atoms with E-state index in [0.717, 1.165) is 28.9 Å². The molecule has 7 N–H and O–H groups in total. The number of nitrogens with zero attached hydrogens (tertiary/aromatic N) is 3. The quantitative estimate of drug-likeness (QED) is 0.278. The van der Waals surface area contributed by atoms with Gasteiger partial charge < -0.3 is 37.3 Å². The van der Waals surface area contributed by atoms with Gasteiger partial charge in [0.25, 0.3) is 0 Å². The number of anilines is 1. The van der Waals surface area contributed by atoms with E-state index in [0.29, 0.717) is 24.4 Å². The largest absolute Gasteiger partial charge is 0.404 e. The van der Waals surface area contributed by atoms with Gasteiger partial charge in [-0.2, -0.15) is 0 Å². The van der Waals surface area contributed by atoms with Gasteiger partial charge in [0.2, 0.25) is 5.91 Å². The Bertz CT molecular complexity index is 1040. The van der Waals surface area contributed by atoms with Crippen LogP contribution < -0.4 is 27.0 Å². The first-order chi connectivity index (χ1) is 16.2. The summed E-state index contributed by atoms with van der Waals surface area (Å²) in [5, 5.41) is 14.5. The molecule has 1 saturated heterocycles. The van der Waals surface area contributed by atoms with Crippen molar-refractivity contribution in [3.63, 3.8) is 0 Å². The standard InChI is InChI=1S/C25H36N8O/c1-16(2)17(11-26)10-23(28)31-24-7-6-21-22(33(24)4)9-18(14-30-21)19(12-27)13-29-15-20-5-8-25(34)32(20)3/h6-7,9-14,16,20,24,27,29,31H,5,8,15,26,28H2,1-4H3/b17-11+,19-13+,23-10+,27-12?. The second-order valence-electron chi connectivity index (χ2n) is 8.96. The van der Waals surface area contributed by atoms with Gasteiger partial charge in [0.15, 0.2) is 0 Å². The van der Waals surface area contributed by atoms with E-state index in [9.17, 15) is 4.79 Å². The van der Waals surface area contributed by atoms with E-state index in [-0.39, 0.29) is 24.0 Å². The minimum absolute atomic E-state index is 0.159. The third-order valence-corrected chi connectivity index (χ3v) is 6.36. The minimum Gasteiger partial charge on any atom is -0.404 e. The van der Waals surface area contributed by atoms with Crippen LogP contribution in [0.25, 0.3) is 11.6 Å². The van der Waals surface area contributed by atoms with Crippen LogP contribution in [-0.2, 0) is 4.79 Å². The number of likely N-dealkylation sites (N-methyl/N-ethyl adjacent to an activating group) is 2. The number of nitrogens with one attached hydrogen (secondary N) is 3. The Morgan fingerprint density at radius 1 is 1.35 bits per heavy atom. The maximum Gasteiger partial charge on any atom is 0.222 e. The number of rotatable bonds is 9. The van der Waals surface area contributed by atoms with Gasteiger partial charge in [-0.25, -0.2) is 0 Å². The van der Waals surface area contributed by atoms with E-state index in [4.69, 9.17) is 16.9 Å². The second kappa shape index (κ2) is 10.9. The molecule has 2 atom stereocenters. The van der Waals surface area contributed by atoms with Crippen molar-refractivity contribution in [2.75, 3.05) is 25.5 Å². The Morgan fingerprint density at radius 3 is 2.74 bits per heavy atom. The van der Waals surface area contributed by atoms with E-state index in [1.54, 1.807) is 17.3 Å². The van der Waals surface area contributed by atoms with Gasteiger partial charge in [0, 0.05) is 62.9 Å². The number of nitrogens with two attached hydrogens (primary N) is 2. The van der Waals surface area contributed by atoms with Crippen molar-refractivity contribution in [1.82, 2.24) is 20.5 Å². The summed E-state index contributed by atoms with van der Waals surface area (Å²) in [6.07, 6.45) is 13.6. The smallest absolute Gasteiger partial charge is 0.222 e. The molecule has 34 heavy (non-hydrogen) atoms. The molecular weight excluding hydrogens is 428 g/mol. The molecule has 2 aliphatic rings. The van der Waals surface area contributed by atoms with Crippen molar-refractivity contribution in [2.45, 2.75) is 38.9 Å². The molecule has 1 aromatic heterocycles. The van der Waals surface area contributed by atoms with E-state index in [2.05, 4.69) is 34.4 Å². The summed E-state index contributed by atoms with van der Waals surface area (Å²) in [6.45, 7) is 4.77. The zero-order chi connectivity index (χ0) is 24.8. The molecule has 0 saturated carbocycles. The summed E-state index contributed by atoms with van der Waals surface area (Å²) in [4.78, 5) is 20.2. The first-order valence-corrected chi connectivity index (χ1v) is 11.5. The number of pyridine rings is 1. The highest BCUT2D eigenvalue weighted by molar-refractivity contribution is 6.08. The molecule has 9 heteroatoms. The number of carbonyl (C=O) groups is 1. The van der Waals surface area contributed by atoms with Crippen molar-refractivity contribution < 1.29 is 4.79 Å². The maximum atomic E-state index is 11.7. The SMILES string of the molecule is CC(C)C(=C/N)/C=C(\N)NC1C=Cc2ncc(/C(C=N)=C/NCC3CCC(=O)N3C)cc2N1C. The van der Waals surface area contributed by atoms with Gasteiger partial charge in [-0.3, -0.25) is 9.78 Å². The van der Waals surface area contributed by atoms with Crippen LogP contribution in [0.5, 0.6) is 0 Å². The molecular formula is C25H36N8O. The fourth-order valence-electron chi connectivity index (χ4n) is 4.05.